The van der Waals surface area contributed by atoms with E-state index in [4.69, 9.17) is 4.74 Å². The van der Waals surface area contributed by atoms with Gasteiger partial charge in [0.25, 0.3) is 0 Å². The number of rotatable bonds is 3. The summed E-state index contributed by atoms with van der Waals surface area (Å²) in [5.74, 6) is -0.0673. The van der Waals surface area contributed by atoms with E-state index in [1.54, 1.807) is 12.1 Å². The number of ether oxygens (including phenoxy) is 1. The number of aryl methyl sites for hydroxylation is 1. The molecule has 0 saturated carbocycles. The standard InChI is InChI=1S/C15H20N4O3S/c1-8-6-11(19-18-8)17-14(21)16-9-7-10(15(2,3)4)23-12(9)13(20)22-5/h6-7H,1-5H3,(H3,16,17,18,19,21). The number of nitrogens with zero attached hydrogens (tertiary/aromatic N) is 1. The molecule has 2 amide bonds. The lowest BCUT2D eigenvalue weighted by molar-refractivity contribution is 0.0607. The van der Waals surface area contributed by atoms with Crippen molar-refractivity contribution in [3.8, 4) is 0 Å². The minimum Gasteiger partial charge on any atom is -0.465 e. The van der Waals surface area contributed by atoms with E-state index in [9.17, 15) is 9.59 Å². The van der Waals surface area contributed by atoms with Crippen LogP contribution in [0.15, 0.2) is 12.1 Å². The number of thiophene rings is 1. The molecule has 0 aliphatic carbocycles. The van der Waals surface area contributed by atoms with Crippen LogP contribution >= 0.6 is 11.3 Å². The highest BCUT2D eigenvalue weighted by atomic mass is 32.1. The van der Waals surface area contributed by atoms with Gasteiger partial charge in [-0.15, -0.1) is 11.3 Å². The number of aromatic nitrogens is 2. The SMILES string of the molecule is COC(=O)c1sc(C(C)(C)C)cc1NC(=O)Nc1cc(C)[nH]n1. The zero-order chi connectivity index (χ0) is 17.2. The average molecular weight is 336 g/mol. The van der Waals surface area contributed by atoms with Crippen LogP contribution in [-0.4, -0.2) is 29.3 Å². The van der Waals surface area contributed by atoms with Crippen molar-refractivity contribution in [2.45, 2.75) is 33.1 Å². The molecule has 0 spiro atoms. The molecule has 124 valence electrons. The fraction of sp³-hybridized carbons (Fsp3) is 0.400. The van der Waals surface area contributed by atoms with Gasteiger partial charge in [0, 0.05) is 16.6 Å². The average Bonchev–Trinajstić information content (AvgIpc) is 3.04. The fourth-order valence-corrected chi connectivity index (χ4v) is 2.94. The number of hydrogen-bond acceptors (Lipinski definition) is 5. The molecule has 0 fully saturated rings. The highest BCUT2D eigenvalue weighted by Gasteiger charge is 2.24. The molecule has 7 nitrogen and oxygen atoms in total. The van der Waals surface area contributed by atoms with Crippen LogP contribution in [0.4, 0.5) is 16.3 Å². The van der Waals surface area contributed by atoms with Crippen molar-refractivity contribution in [3.63, 3.8) is 0 Å². The highest BCUT2D eigenvalue weighted by molar-refractivity contribution is 7.14. The summed E-state index contributed by atoms with van der Waals surface area (Å²) in [7, 11) is 1.31. The first-order valence-corrected chi connectivity index (χ1v) is 7.85. The lowest BCUT2D eigenvalue weighted by atomic mass is 9.94. The van der Waals surface area contributed by atoms with Gasteiger partial charge in [-0.2, -0.15) is 5.10 Å². The molecule has 0 aliphatic heterocycles. The maximum atomic E-state index is 12.1. The Kier molecular flexibility index (Phi) is 4.74. The van der Waals surface area contributed by atoms with Gasteiger partial charge in [-0.1, -0.05) is 20.8 Å². The quantitative estimate of drug-likeness (QED) is 0.747. The molecule has 8 heteroatoms. The van der Waals surface area contributed by atoms with Crippen LogP contribution in [0, 0.1) is 6.92 Å². The molecule has 0 aliphatic rings. The van der Waals surface area contributed by atoms with E-state index in [1.807, 2.05) is 27.7 Å². The van der Waals surface area contributed by atoms with Crippen molar-refractivity contribution in [2.24, 2.45) is 0 Å². The van der Waals surface area contributed by atoms with Gasteiger partial charge >= 0.3 is 12.0 Å². The van der Waals surface area contributed by atoms with E-state index >= 15 is 0 Å². The molecule has 2 aromatic heterocycles. The number of methoxy groups -OCH3 is 1. The number of carbonyl (C=O) groups is 2. The van der Waals surface area contributed by atoms with E-state index in [0.717, 1.165) is 10.6 Å². The second-order valence-electron chi connectivity index (χ2n) is 6.11. The van der Waals surface area contributed by atoms with Crippen molar-refractivity contribution in [3.05, 3.63) is 27.6 Å². The Morgan fingerprint density at radius 3 is 2.48 bits per heavy atom. The molecule has 0 unspecified atom stereocenters. The number of amides is 2. The van der Waals surface area contributed by atoms with E-state index in [-0.39, 0.29) is 5.41 Å². The van der Waals surface area contributed by atoms with Gasteiger partial charge in [-0.3, -0.25) is 10.4 Å². The summed E-state index contributed by atoms with van der Waals surface area (Å²) in [4.78, 5) is 25.3. The van der Waals surface area contributed by atoms with Gasteiger partial charge < -0.3 is 10.1 Å². The van der Waals surface area contributed by atoms with Crippen LogP contribution in [-0.2, 0) is 10.2 Å². The largest absolute Gasteiger partial charge is 0.465 e. The molecule has 2 aromatic rings. The van der Waals surface area contributed by atoms with E-state index in [0.29, 0.717) is 16.4 Å². The Labute approximate surface area is 138 Å². The monoisotopic (exact) mass is 336 g/mol. The molecule has 3 N–H and O–H groups in total. The molecule has 23 heavy (non-hydrogen) atoms. The Balaban J connectivity index is 2.21. The third-order valence-corrected chi connectivity index (χ3v) is 4.58. The number of esters is 1. The second-order valence-corrected chi connectivity index (χ2v) is 7.16. The molecule has 0 aromatic carbocycles. The molecule has 0 atom stereocenters. The molecule has 2 heterocycles. The molecular weight excluding hydrogens is 316 g/mol. The molecular formula is C15H20N4O3S. The minimum atomic E-state index is -0.476. The van der Waals surface area contributed by atoms with Gasteiger partial charge in [0.1, 0.15) is 4.88 Å². The Morgan fingerprint density at radius 2 is 1.96 bits per heavy atom. The number of aromatic amines is 1. The van der Waals surface area contributed by atoms with Crippen LogP contribution in [0.3, 0.4) is 0 Å². The summed E-state index contributed by atoms with van der Waals surface area (Å²) in [6.45, 7) is 7.95. The molecule has 0 radical (unpaired) electrons. The van der Waals surface area contributed by atoms with Crippen LogP contribution in [0.1, 0.15) is 41.0 Å². The van der Waals surface area contributed by atoms with Crippen LogP contribution in [0.5, 0.6) is 0 Å². The molecule has 0 saturated heterocycles. The maximum Gasteiger partial charge on any atom is 0.350 e. The third kappa shape index (κ3) is 4.10. The van der Waals surface area contributed by atoms with Gasteiger partial charge in [-0.05, 0) is 18.4 Å². The Hall–Kier alpha value is -2.35. The van der Waals surface area contributed by atoms with Crippen molar-refractivity contribution in [1.82, 2.24) is 10.2 Å². The van der Waals surface area contributed by atoms with Crippen LogP contribution in [0.2, 0.25) is 0 Å². The molecule has 0 bridgehead atoms. The predicted octanol–water partition coefficient (Wildman–Crippen LogP) is 3.51. The summed E-state index contributed by atoms with van der Waals surface area (Å²) >= 11 is 1.31. The Morgan fingerprint density at radius 1 is 1.26 bits per heavy atom. The number of anilines is 2. The summed E-state index contributed by atoms with van der Waals surface area (Å²) in [6.07, 6.45) is 0. The van der Waals surface area contributed by atoms with Crippen molar-refractivity contribution >= 4 is 34.8 Å². The topological polar surface area (TPSA) is 96.1 Å². The van der Waals surface area contributed by atoms with Gasteiger partial charge in [-0.25, -0.2) is 9.59 Å². The smallest absolute Gasteiger partial charge is 0.350 e. The summed E-state index contributed by atoms with van der Waals surface area (Å²) in [6, 6.07) is 3.03. The lowest BCUT2D eigenvalue weighted by Gasteiger charge is -2.15. The molecule has 2 rings (SSSR count). The lowest BCUT2D eigenvalue weighted by Crippen LogP contribution is -2.20. The van der Waals surface area contributed by atoms with Crippen LogP contribution < -0.4 is 10.6 Å². The zero-order valence-corrected chi connectivity index (χ0v) is 14.6. The van der Waals surface area contributed by atoms with Crippen molar-refractivity contribution < 1.29 is 14.3 Å². The van der Waals surface area contributed by atoms with E-state index < -0.39 is 12.0 Å². The predicted molar refractivity (Wildman–Crippen MR) is 90.3 cm³/mol. The zero-order valence-electron chi connectivity index (χ0n) is 13.7. The van der Waals surface area contributed by atoms with E-state index in [2.05, 4.69) is 20.8 Å². The summed E-state index contributed by atoms with van der Waals surface area (Å²) in [5, 5.41) is 12.0. The van der Waals surface area contributed by atoms with Gasteiger partial charge in [0.05, 0.1) is 12.8 Å². The first-order chi connectivity index (χ1) is 10.7. The number of urea groups is 1. The first-order valence-electron chi connectivity index (χ1n) is 7.03. The summed E-state index contributed by atoms with van der Waals surface area (Å²) in [5.41, 5.74) is 1.13. The number of nitrogens with one attached hydrogen (secondary N) is 3. The second kappa shape index (κ2) is 6.41. The van der Waals surface area contributed by atoms with E-state index in [1.165, 1.54) is 18.4 Å². The van der Waals surface area contributed by atoms with Crippen molar-refractivity contribution in [1.29, 1.82) is 0 Å². The minimum absolute atomic E-state index is 0.136. The normalized spacial score (nSPS) is 11.2. The van der Waals surface area contributed by atoms with Crippen LogP contribution in [0.25, 0.3) is 0 Å². The van der Waals surface area contributed by atoms with Gasteiger partial charge in [0.15, 0.2) is 5.82 Å². The number of H-pyrrole nitrogens is 1. The third-order valence-electron chi connectivity index (χ3n) is 3.04. The maximum absolute atomic E-state index is 12.1. The Bertz CT molecular complexity index is 727. The van der Waals surface area contributed by atoms with Gasteiger partial charge in [0.2, 0.25) is 0 Å². The highest BCUT2D eigenvalue weighted by Crippen LogP contribution is 2.35. The van der Waals surface area contributed by atoms with Crippen molar-refractivity contribution in [2.75, 3.05) is 17.7 Å². The number of carbonyl (C=O) groups excluding carboxylic acids is 2. The fourth-order valence-electron chi connectivity index (χ4n) is 1.85. The number of hydrogen-bond donors (Lipinski definition) is 3. The summed E-state index contributed by atoms with van der Waals surface area (Å²) < 4.78 is 4.79. The first kappa shape index (κ1) is 17.0.